The maximum absolute atomic E-state index is 11.8. The van der Waals surface area contributed by atoms with Crippen LogP contribution in [-0.2, 0) is 4.74 Å². The second-order valence-electron chi connectivity index (χ2n) is 8.11. The number of non-ortho nitro benzene ring substituents is 1. The first-order valence-electron chi connectivity index (χ1n) is 11.1. The number of hydrogen-bond donors (Lipinski definition) is 2. The first-order chi connectivity index (χ1) is 17.8. The van der Waals surface area contributed by atoms with E-state index in [-0.39, 0.29) is 11.6 Å². The number of benzene rings is 2. The van der Waals surface area contributed by atoms with E-state index in [4.69, 9.17) is 27.1 Å². The summed E-state index contributed by atoms with van der Waals surface area (Å²) in [5.74, 6) is 0.653. The lowest BCUT2D eigenvalue weighted by Gasteiger charge is -2.32. The molecule has 1 atom stereocenters. The fourth-order valence-corrected chi connectivity index (χ4v) is 4.28. The Morgan fingerprint density at radius 1 is 1.08 bits per heavy atom. The molecule has 0 spiro atoms. The predicted octanol–water partition coefficient (Wildman–Crippen LogP) is 2.61. The first-order valence-corrected chi connectivity index (χ1v) is 11.5. The third kappa shape index (κ3) is 4.79. The molecular weight excluding hydrogens is 506 g/mol. The minimum Gasteiger partial charge on any atom is -0.378 e. The maximum atomic E-state index is 11.8. The number of nitro groups is 2. The molecule has 0 aliphatic carbocycles. The van der Waals surface area contributed by atoms with Gasteiger partial charge in [-0.2, -0.15) is 5.10 Å². The summed E-state index contributed by atoms with van der Waals surface area (Å²) in [6, 6.07) is 10.3. The SMILES string of the molecule is NC1=NC(c2cn(-c3ccc([N+](=O)[O-])cc3[N+](=O)[O-])nc2-c2ccccc2Cl)N=C(N2CCOCC2)N1. The van der Waals surface area contributed by atoms with Gasteiger partial charge in [-0.05, 0) is 12.1 Å². The van der Waals surface area contributed by atoms with Crippen LogP contribution in [0.2, 0.25) is 5.02 Å². The third-order valence-electron chi connectivity index (χ3n) is 5.82. The quantitative estimate of drug-likeness (QED) is 0.374. The van der Waals surface area contributed by atoms with E-state index in [1.165, 1.54) is 16.8 Å². The summed E-state index contributed by atoms with van der Waals surface area (Å²) >= 11 is 6.48. The van der Waals surface area contributed by atoms with Crippen molar-refractivity contribution in [3.05, 3.63) is 79.5 Å². The van der Waals surface area contributed by atoms with Crippen LogP contribution < -0.4 is 11.1 Å². The van der Waals surface area contributed by atoms with Gasteiger partial charge in [0.15, 0.2) is 12.1 Å². The second kappa shape index (κ2) is 9.83. The number of nitro benzene ring substituents is 2. The zero-order valence-corrected chi connectivity index (χ0v) is 19.9. The average molecular weight is 526 g/mol. The Bertz CT molecular complexity index is 1450. The summed E-state index contributed by atoms with van der Waals surface area (Å²) < 4.78 is 6.69. The molecule has 0 saturated carbocycles. The summed E-state index contributed by atoms with van der Waals surface area (Å²) in [5.41, 5.74) is 6.64. The van der Waals surface area contributed by atoms with E-state index in [1.807, 2.05) is 4.90 Å². The van der Waals surface area contributed by atoms with E-state index in [1.54, 1.807) is 30.5 Å². The van der Waals surface area contributed by atoms with Gasteiger partial charge in [0.2, 0.25) is 5.96 Å². The first kappa shape index (κ1) is 24.1. The number of nitrogens with one attached hydrogen (secondary N) is 1. The molecule has 0 amide bonds. The minimum absolute atomic E-state index is 0.0263. The van der Waals surface area contributed by atoms with Crippen molar-refractivity contribution in [1.29, 1.82) is 0 Å². The summed E-state index contributed by atoms with van der Waals surface area (Å²) in [7, 11) is 0. The van der Waals surface area contributed by atoms with Crippen LogP contribution >= 0.6 is 11.6 Å². The molecule has 0 bridgehead atoms. The van der Waals surface area contributed by atoms with E-state index in [0.717, 1.165) is 6.07 Å². The molecule has 15 heteroatoms. The number of rotatable bonds is 5. The number of morpholine rings is 1. The molecule has 2 aromatic carbocycles. The molecule has 3 N–H and O–H groups in total. The fraction of sp³-hybridized carbons (Fsp3) is 0.227. The number of nitrogens with two attached hydrogens (primary N) is 1. The van der Waals surface area contributed by atoms with Crippen LogP contribution in [0.3, 0.4) is 0 Å². The molecule has 2 aliphatic rings. The fourth-order valence-electron chi connectivity index (χ4n) is 4.06. The van der Waals surface area contributed by atoms with Crippen LogP contribution in [0.15, 0.2) is 58.6 Å². The monoisotopic (exact) mass is 525 g/mol. The molecule has 1 unspecified atom stereocenters. The van der Waals surface area contributed by atoms with Crippen molar-refractivity contribution in [3.8, 4) is 16.9 Å². The highest BCUT2D eigenvalue weighted by Crippen LogP contribution is 2.37. The van der Waals surface area contributed by atoms with Crippen molar-refractivity contribution in [2.45, 2.75) is 6.17 Å². The van der Waals surface area contributed by atoms with E-state index >= 15 is 0 Å². The highest BCUT2D eigenvalue weighted by molar-refractivity contribution is 6.33. The summed E-state index contributed by atoms with van der Waals surface area (Å²) in [6.45, 7) is 2.29. The number of hydrogen-bond acceptors (Lipinski definition) is 11. The summed E-state index contributed by atoms with van der Waals surface area (Å²) in [4.78, 5) is 32.7. The number of aromatic nitrogens is 2. The summed E-state index contributed by atoms with van der Waals surface area (Å²) in [6.07, 6.45) is 0.705. The van der Waals surface area contributed by atoms with Gasteiger partial charge in [0.25, 0.3) is 5.69 Å². The second-order valence-corrected chi connectivity index (χ2v) is 8.52. The summed E-state index contributed by atoms with van der Waals surface area (Å²) in [5, 5.41) is 30.9. The normalized spacial score (nSPS) is 17.5. The standard InChI is InChI=1S/C22H20ClN9O5/c23-16-4-2-1-3-14(16)19-15(20-25-21(24)27-22(26-20)29-7-9-37-10-8-29)12-30(28-19)17-6-5-13(31(33)34)11-18(17)32(35)36/h1-6,11-12,20H,7-10H2,(H3,24,25,26,27). The Kier molecular flexibility index (Phi) is 6.42. The number of nitrogens with zero attached hydrogens (tertiary/aromatic N) is 7. The number of ether oxygens (including phenoxy) is 1. The smallest absolute Gasteiger partial charge is 0.301 e. The molecular formula is C22H20ClN9O5. The molecule has 14 nitrogen and oxygen atoms in total. The topological polar surface area (TPSA) is 179 Å². The van der Waals surface area contributed by atoms with Gasteiger partial charge < -0.3 is 15.4 Å². The Hall–Kier alpha value is -4.56. The number of halogens is 1. The van der Waals surface area contributed by atoms with Gasteiger partial charge in [0, 0.05) is 36.5 Å². The van der Waals surface area contributed by atoms with Crippen molar-refractivity contribution >= 4 is 34.9 Å². The highest BCUT2D eigenvalue weighted by atomic mass is 35.5. The molecule has 3 aromatic rings. The van der Waals surface area contributed by atoms with Gasteiger partial charge in [0.1, 0.15) is 11.4 Å². The van der Waals surface area contributed by atoms with Crippen molar-refractivity contribution < 1.29 is 14.6 Å². The predicted molar refractivity (Wildman–Crippen MR) is 135 cm³/mol. The van der Waals surface area contributed by atoms with Crippen LogP contribution in [0.1, 0.15) is 11.7 Å². The largest absolute Gasteiger partial charge is 0.378 e. The molecule has 1 aromatic heterocycles. The average Bonchev–Trinajstić information content (AvgIpc) is 3.34. The van der Waals surface area contributed by atoms with Crippen molar-refractivity contribution in [1.82, 2.24) is 20.0 Å². The molecule has 37 heavy (non-hydrogen) atoms. The molecule has 2 aliphatic heterocycles. The zero-order chi connectivity index (χ0) is 26.1. The van der Waals surface area contributed by atoms with E-state index in [0.29, 0.717) is 54.1 Å². The van der Waals surface area contributed by atoms with E-state index in [9.17, 15) is 20.2 Å². The van der Waals surface area contributed by atoms with Crippen molar-refractivity contribution in [2.75, 3.05) is 26.3 Å². The lowest BCUT2D eigenvalue weighted by atomic mass is 10.1. The van der Waals surface area contributed by atoms with Crippen LogP contribution in [-0.4, -0.2) is 62.7 Å². The van der Waals surface area contributed by atoms with Gasteiger partial charge in [-0.25, -0.2) is 14.7 Å². The van der Waals surface area contributed by atoms with E-state index in [2.05, 4.69) is 15.4 Å². The van der Waals surface area contributed by atoms with Crippen molar-refractivity contribution in [2.24, 2.45) is 15.7 Å². The molecule has 1 saturated heterocycles. The van der Waals surface area contributed by atoms with Crippen LogP contribution in [0, 0.1) is 20.2 Å². The number of aliphatic imine (C=N–C) groups is 2. The maximum Gasteiger partial charge on any atom is 0.301 e. The lowest BCUT2D eigenvalue weighted by molar-refractivity contribution is -0.394. The van der Waals surface area contributed by atoms with Crippen LogP contribution in [0.5, 0.6) is 0 Å². The van der Waals surface area contributed by atoms with Gasteiger partial charge in [-0.3, -0.25) is 25.5 Å². The van der Waals surface area contributed by atoms with Crippen molar-refractivity contribution in [3.63, 3.8) is 0 Å². The zero-order valence-electron chi connectivity index (χ0n) is 19.2. The van der Waals surface area contributed by atoms with Crippen LogP contribution in [0.4, 0.5) is 11.4 Å². The van der Waals surface area contributed by atoms with Gasteiger partial charge in [-0.1, -0.05) is 29.8 Å². The Labute approximate surface area is 214 Å². The van der Waals surface area contributed by atoms with Crippen LogP contribution in [0.25, 0.3) is 16.9 Å². The molecule has 3 heterocycles. The van der Waals surface area contributed by atoms with Gasteiger partial charge >= 0.3 is 5.69 Å². The lowest BCUT2D eigenvalue weighted by Crippen LogP contribution is -2.52. The van der Waals surface area contributed by atoms with Gasteiger partial charge in [-0.15, -0.1) is 0 Å². The Morgan fingerprint density at radius 3 is 2.54 bits per heavy atom. The number of guanidine groups is 2. The molecule has 5 rings (SSSR count). The molecule has 190 valence electrons. The Balaban J connectivity index is 1.67. The highest BCUT2D eigenvalue weighted by Gasteiger charge is 2.29. The van der Waals surface area contributed by atoms with Gasteiger partial charge in [0.05, 0.1) is 34.1 Å². The Morgan fingerprint density at radius 2 is 1.84 bits per heavy atom. The van der Waals surface area contributed by atoms with E-state index < -0.39 is 27.4 Å². The molecule has 0 radical (unpaired) electrons. The third-order valence-corrected chi connectivity index (χ3v) is 6.15. The minimum atomic E-state index is -0.837. The molecule has 1 fully saturated rings.